The van der Waals surface area contributed by atoms with E-state index in [1.807, 2.05) is 30.3 Å². The molecule has 3 aromatic rings. The zero-order valence-corrected chi connectivity index (χ0v) is 18.9. The van der Waals surface area contributed by atoms with Crippen LogP contribution < -0.4 is 10.2 Å². The number of hydrogen-bond acceptors (Lipinski definition) is 2. The smallest absolute Gasteiger partial charge is 0.352 e. The Morgan fingerprint density at radius 1 is 0.750 bits per heavy atom. The first-order valence-corrected chi connectivity index (χ1v) is 10.9. The highest BCUT2D eigenvalue weighted by Gasteiger charge is 2.37. The second-order valence-electron chi connectivity index (χ2n) is 7.95. The predicted octanol–water partition coefficient (Wildman–Crippen LogP) is 6.12. The average Bonchev–Trinajstić information content (AvgIpc) is 2.83. The van der Waals surface area contributed by atoms with Crippen LogP contribution in [0.2, 0.25) is 0 Å². The molecule has 4 nitrogen and oxygen atoms in total. The quantitative estimate of drug-likeness (QED) is 0.295. The number of para-hydroxylation sites is 1. The van der Waals surface area contributed by atoms with Crippen LogP contribution >= 0.6 is 0 Å². The zero-order valence-electron chi connectivity index (χ0n) is 18.9. The van der Waals surface area contributed by atoms with Crippen LogP contribution in [0.1, 0.15) is 33.5 Å². The largest absolute Gasteiger partial charge is 0.416 e. The molecular weight excluding hydrogens is 486 g/mol. The molecule has 190 valence electrons. The molecule has 0 saturated carbocycles. The molecule has 0 bridgehead atoms. The summed E-state index contributed by atoms with van der Waals surface area (Å²) in [5.41, 5.74) is -2.45. The van der Waals surface area contributed by atoms with E-state index in [1.165, 1.54) is 4.90 Å². The molecule has 0 aliphatic carbocycles. The molecule has 2 amide bonds. The van der Waals surface area contributed by atoms with Gasteiger partial charge in [0.15, 0.2) is 0 Å². The topological polar surface area (TPSA) is 49.4 Å². The van der Waals surface area contributed by atoms with E-state index in [-0.39, 0.29) is 37.9 Å². The molecule has 3 aromatic carbocycles. The number of amides is 2. The van der Waals surface area contributed by atoms with E-state index < -0.39 is 35.0 Å². The van der Waals surface area contributed by atoms with Crippen molar-refractivity contribution in [3.63, 3.8) is 0 Å². The van der Waals surface area contributed by atoms with Crippen molar-refractivity contribution in [2.24, 2.45) is 0 Å². The van der Waals surface area contributed by atoms with Gasteiger partial charge in [0.25, 0.3) is 5.91 Å². The van der Waals surface area contributed by atoms with Gasteiger partial charge in [-0.15, -0.1) is 0 Å². The molecule has 0 heterocycles. The van der Waals surface area contributed by atoms with Gasteiger partial charge < -0.3 is 10.2 Å². The van der Waals surface area contributed by atoms with Crippen molar-refractivity contribution in [3.8, 4) is 0 Å². The minimum Gasteiger partial charge on any atom is -0.352 e. The monoisotopic (exact) mass is 508 g/mol. The fourth-order valence-corrected chi connectivity index (χ4v) is 3.50. The predicted molar refractivity (Wildman–Crippen MR) is 122 cm³/mol. The second-order valence-corrected chi connectivity index (χ2v) is 7.95. The molecule has 0 aromatic heterocycles. The summed E-state index contributed by atoms with van der Waals surface area (Å²) in [6.07, 6.45) is -9.75. The van der Waals surface area contributed by atoms with Crippen LogP contribution in [0.3, 0.4) is 0 Å². The number of anilines is 1. The minimum atomic E-state index is -5.05. The maximum absolute atomic E-state index is 13.1. The molecule has 0 saturated heterocycles. The lowest BCUT2D eigenvalue weighted by Gasteiger charge is -2.23. The SMILES string of the molecule is O=C(NCCCN(C(=O)Cc1ccccc1)c1ccccc1)c1cc(C(F)(F)F)cc(C(F)(F)F)c1. The Morgan fingerprint density at radius 3 is 1.81 bits per heavy atom. The average molecular weight is 508 g/mol. The van der Waals surface area contributed by atoms with Crippen LogP contribution in [0.15, 0.2) is 78.9 Å². The van der Waals surface area contributed by atoms with E-state index in [4.69, 9.17) is 0 Å². The summed E-state index contributed by atoms with van der Waals surface area (Å²) in [5.74, 6) is -1.28. The van der Waals surface area contributed by atoms with E-state index in [0.717, 1.165) is 5.56 Å². The van der Waals surface area contributed by atoms with Gasteiger partial charge >= 0.3 is 12.4 Å². The third-order valence-electron chi connectivity index (χ3n) is 5.26. The molecule has 0 aliphatic heterocycles. The summed E-state index contributed by atoms with van der Waals surface area (Å²) in [6.45, 7) is 0.102. The van der Waals surface area contributed by atoms with Gasteiger partial charge in [-0.05, 0) is 42.3 Å². The molecule has 0 radical (unpaired) electrons. The van der Waals surface area contributed by atoms with E-state index >= 15 is 0 Å². The van der Waals surface area contributed by atoms with Crippen molar-refractivity contribution in [2.75, 3.05) is 18.0 Å². The Morgan fingerprint density at radius 2 is 1.28 bits per heavy atom. The van der Waals surface area contributed by atoms with Gasteiger partial charge in [-0.2, -0.15) is 26.3 Å². The molecular formula is C26H22F6N2O2. The van der Waals surface area contributed by atoms with Gasteiger partial charge in [0.05, 0.1) is 17.5 Å². The van der Waals surface area contributed by atoms with E-state index in [0.29, 0.717) is 17.8 Å². The highest BCUT2D eigenvalue weighted by Crippen LogP contribution is 2.36. The summed E-state index contributed by atoms with van der Waals surface area (Å²) in [4.78, 5) is 26.8. The standard InChI is InChI=1S/C26H22F6N2O2/c27-25(28,29)20-15-19(16-21(17-20)26(30,31)32)24(36)33-12-7-13-34(22-10-5-2-6-11-22)23(35)14-18-8-3-1-4-9-18/h1-6,8-11,15-17H,7,12-14H2,(H,33,36). The van der Waals surface area contributed by atoms with Crippen LogP contribution in [0.4, 0.5) is 32.0 Å². The van der Waals surface area contributed by atoms with E-state index in [9.17, 15) is 35.9 Å². The van der Waals surface area contributed by atoms with Gasteiger partial charge in [0.1, 0.15) is 0 Å². The second kappa shape index (κ2) is 11.3. The van der Waals surface area contributed by atoms with E-state index in [1.54, 1.807) is 30.3 Å². The first kappa shape index (κ1) is 26.8. The molecule has 1 N–H and O–H groups in total. The van der Waals surface area contributed by atoms with Crippen LogP contribution in [0.25, 0.3) is 0 Å². The van der Waals surface area contributed by atoms with Crippen molar-refractivity contribution in [1.29, 1.82) is 0 Å². The maximum atomic E-state index is 13.1. The van der Waals surface area contributed by atoms with Crippen molar-refractivity contribution in [2.45, 2.75) is 25.2 Å². The number of nitrogens with one attached hydrogen (secondary N) is 1. The van der Waals surface area contributed by atoms with Crippen LogP contribution in [-0.4, -0.2) is 24.9 Å². The highest BCUT2D eigenvalue weighted by atomic mass is 19.4. The first-order valence-electron chi connectivity index (χ1n) is 10.9. The number of benzene rings is 3. The van der Waals surface area contributed by atoms with E-state index in [2.05, 4.69) is 5.32 Å². The molecule has 0 unspecified atom stereocenters. The van der Waals surface area contributed by atoms with Crippen LogP contribution in [0, 0.1) is 0 Å². The highest BCUT2D eigenvalue weighted by molar-refractivity contribution is 5.95. The van der Waals surface area contributed by atoms with Gasteiger partial charge in [-0.1, -0.05) is 48.5 Å². The minimum absolute atomic E-state index is 0.0349. The summed E-state index contributed by atoms with van der Waals surface area (Å²) in [7, 11) is 0. The fraction of sp³-hybridized carbons (Fsp3) is 0.231. The first-order chi connectivity index (χ1) is 16.9. The third kappa shape index (κ3) is 7.34. The van der Waals surface area contributed by atoms with Crippen molar-refractivity contribution < 1.29 is 35.9 Å². The molecule has 3 rings (SSSR count). The number of halogens is 6. The molecule has 0 fully saturated rings. The Hall–Kier alpha value is -3.82. The summed E-state index contributed by atoms with van der Waals surface area (Å²) in [5, 5.41) is 2.34. The van der Waals surface area contributed by atoms with Gasteiger partial charge in [-0.25, -0.2) is 0 Å². The van der Waals surface area contributed by atoms with Crippen molar-refractivity contribution in [1.82, 2.24) is 5.32 Å². The Labute approximate surface area is 203 Å². The Kier molecular flexibility index (Phi) is 8.39. The molecule has 36 heavy (non-hydrogen) atoms. The fourth-order valence-electron chi connectivity index (χ4n) is 3.50. The number of rotatable bonds is 8. The van der Waals surface area contributed by atoms with Crippen molar-refractivity contribution >= 4 is 17.5 Å². The molecule has 0 aliphatic rings. The molecule has 10 heteroatoms. The number of carbonyl (C=O) groups is 2. The van der Waals surface area contributed by atoms with Crippen LogP contribution in [0.5, 0.6) is 0 Å². The summed E-state index contributed by atoms with van der Waals surface area (Å²) >= 11 is 0. The lowest BCUT2D eigenvalue weighted by molar-refractivity contribution is -0.143. The number of alkyl halides is 6. The lowest BCUT2D eigenvalue weighted by Crippen LogP contribution is -2.35. The Balaban J connectivity index is 1.67. The number of carbonyl (C=O) groups excluding carboxylic acids is 2. The molecule has 0 spiro atoms. The lowest BCUT2D eigenvalue weighted by atomic mass is 10.0. The molecule has 0 atom stereocenters. The zero-order chi connectivity index (χ0) is 26.3. The van der Waals surface area contributed by atoms with Crippen LogP contribution in [-0.2, 0) is 23.6 Å². The number of nitrogens with zero attached hydrogens (tertiary/aromatic N) is 1. The summed E-state index contributed by atoms with van der Waals surface area (Å²) < 4.78 is 78.3. The summed E-state index contributed by atoms with van der Waals surface area (Å²) in [6, 6.07) is 18.6. The van der Waals surface area contributed by atoms with Gasteiger partial charge in [-0.3, -0.25) is 9.59 Å². The van der Waals surface area contributed by atoms with Gasteiger partial charge in [0.2, 0.25) is 5.91 Å². The number of hydrogen-bond donors (Lipinski definition) is 1. The third-order valence-corrected chi connectivity index (χ3v) is 5.26. The van der Waals surface area contributed by atoms with Crippen molar-refractivity contribution in [3.05, 3.63) is 101 Å². The van der Waals surface area contributed by atoms with Gasteiger partial charge in [0, 0.05) is 24.3 Å². The maximum Gasteiger partial charge on any atom is 0.416 e. The Bertz CT molecular complexity index is 1150. The normalized spacial score (nSPS) is 11.7.